The third-order valence-electron chi connectivity index (χ3n) is 4.45. The zero-order valence-corrected chi connectivity index (χ0v) is 13.7. The predicted molar refractivity (Wildman–Crippen MR) is 83.6 cm³/mol. The van der Waals surface area contributed by atoms with E-state index in [0.29, 0.717) is 6.10 Å². The van der Waals surface area contributed by atoms with Crippen molar-refractivity contribution in [1.29, 1.82) is 0 Å². The molecule has 2 nitrogen and oxygen atoms in total. The Labute approximate surface area is 128 Å². The Bertz CT molecular complexity index is 414. The van der Waals surface area contributed by atoms with Gasteiger partial charge in [-0.25, -0.2) is 0 Å². The molecular formula is C15H22BrNOS. The van der Waals surface area contributed by atoms with Gasteiger partial charge in [0.1, 0.15) is 0 Å². The van der Waals surface area contributed by atoms with E-state index in [1.165, 1.54) is 54.3 Å². The lowest BCUT2D eigenvalue weighted by molar-refractivity contribution is -0.0624. The summed E-state index contributed by atoms with van der Waals surface area (Å²) in [5, 5.41) is 5.68. The highest BCUT2D eigenvalue weighted by atomic mass is 79.9. The van der Waals surface area contributed by atoms with Gasteiger partial charge in [-0.15, -0.1) is 11.3 Å². The van der Waals surface area contributed by atoms with E-state index in [-0.39, 0.29) is 5.60 Å². The molecule has 1 unspecified atom stereocenters. The van der Waals surface area contributed by atoms with Crippen LogP contribution in [0.4, 0.5) is 0 Å². The smallest absolute Gasteiger partial charge is 0.0708 e. The molecule has 19 heavy (non-hydrogen) atoms. The van der Waals surface area contributed by atoms with Gasteiger partial charge in [0, 0.05) is 22.4 Å². The topological polar surface area (TPSA) is 21.3 Å². The van der Waals surface area contributed by atoms with E-state index in [0.717, 1.165) is 13.1 Å². The van der Waals surface area contributed by atoms with Gasteiger partial charge < -0.3 is 10.1 Å². The molecule has 1 spiro atoms. The molecule has 2 heterocycles. The normalized spacial score (nSPS) is 26.1. The van der Waals surface area contributed by atoms with Crippen molar-refractivity contribution in [3.8, 4) is 0 Å². The SMILES string of the molecule is Brc1ccsc1CNCC1CCC2(CCCCC2)O1. The summed E-state index contributed by atoms with van der Waals surface area (Å²) in [7, 11) is 0. The first kappa shape index (κ1) is 14.1. The first-order valence-electron chi connectivity index (χ1n) is 7.38. The van der Waals surface area contributed by atoms with Crippen LogP contribution in [0, 0.1) is 0 Å². The summed E-state index contributed by atoms with van der Waals surface area (Å²) in [4.78, 5) is 1.38. The van der Waals surface area contributed by atoms with Crippen molar-refractivity contribution in [2.24, 2.45) is 0 Å². The lowest BCUT2D eigenvalue weighted by atomic mass is 9.83. The van der Waals surface area contributed by atoms with Gasteiger partial charge in [-0.2, -0.15) is 0 Å². The molecule has 1 N–H and O–H groups in total. The van der Waals surface area contributed by atoms with Crippen molar-refractivity contribution < 1.29 is 4.74 Å². The molecule has 2 aliphatic rings. The minimum absolute atomic E-state index is 0.258. The van der Waals surface area contributed by atoms with E-state index in [4.69, 9.17) is 4.74 Å². The molecule has 1 saturated carbocycles. The summed E-state index contributed by atoms with van der Waals surface area (Å²) >= 11 is 5.38. The Balaban J connectivity index is 1.43. The van der Waals surface area contributed by atoms with E-state index in [9.17, 15) is 0 Å². The zero-order chi connectivity index (χ0) is 13.1. The number of hydrogen-bond donors (Lipinski definition) is 1. The highest BCUT2D eigenvalue weighted by Gasteiger charge is 2.40. The molecule has 1 atom stereocenters. The van der Waals surface area contributed by atoms with Crippen molar-refractivity contribution >= 4 is 27.3 Å². The zero-order valence-electron chi connectivity index (χ0n) is 11.3. The third-order valence-corrected chi connectivity index (χ3v) is 6.38. The molecule has 4 heteroatoms. The van der Waals surface area contributed by atoms with Crippen LogP contribution in [-0.4, -0.2) is 18.2 Å². The Morgan fingerprint density at radius 2 is 2.16 bits per heavy atom. The maximum atomic E-state index is 6.37. The minimum atomic E-state index is 0.258. The summed E-state index contributed by atoms with van der Waals surface area (Å²) in [5.74, 6) is 0. The number of nitrogens with one attached hydrogen (secondary N) is 1. The monoisotopic (exact) mass is 343 g/mol. The third kappa shape index (κ3) is 3.41. The van der Waals surface area contributed by atoms with Crippen LogP contribution in [0.25, 0.3) is 0 Å². The fourth-order valence-electron chi connectivity index (χ4n) is 3.40. The second-order valence-electron chi connectivity index (χ2n) is 5.84. The molecule has 3 rings (SSSR count). The molecule has 106 valence electrons. The fourth-order valence-corrected chi connectivity index (χ4v) is 4.86. The first-order chi connectivity index (χ1) is 9.27. The quantitative estimate of drug-likeness (QED) is 0.869. The van der Waals surface area contributed by atoms with Gasteiger partial charge >= 0.3 is 0 Å². The van der Waals surface area contributed by atoms with Crippen molar-refractivity contribution in [2.75, 3.05) is 6.54 Å². The molecule has 1 aromatic rings. The molecular weight excluding hydrogens is 322 g/mol. The van der Waals surface area contributed by atoms with Gasteiger partial charge in [0.2, 0.25) is 0 Å². The molecule has 1 aliphatic heterocycles. The lowest BCUT2D eigenvalue weighted by Crippen LogP contribution is -2.34. The second kappa shape index (κ2) is 6.25. The maximum absolute atomic E-state index is 6.37. The predicted octanol–water partition coefficient (Wildman–Crippen LogP) is 4.48. The largest absolute Gasteiger partial charge is 0.370 e. The molecule has 0 bridgehead atoms. The minimum Gasteiger partial charge on any atom is -0.370 e. The molecule has 0 aromatic carbocycles. The molecule has 0 radical (unpaired) electrons. The number of hydrogen-bond acceptors (Lipinski definition) is 3. The summed E-state index contributed by atoms with van der Waals surface area (Å²) in [5.41, 5.74) is 0.258. The first-order valence-corrected chi connectivity index (χ1v) is 9.05. The van der Waals surface area contributed by atoms with Crippen LogP contribution in [0.3, 0.4) is 0 Å². The Kier molecular flexibility index (Phi) is 4.62. The molecule has 0 amide bonds. The van der Waals surface area contributed by atoms with Crippen molar-refractivity contribution in [1.82, 2.24) is 5.32 Å². The second-order valence-corrected chi connectivity index (χ2v) is 7.70. The lowest BCUT2D eigenvalue weighted by Gasteiger charge is -2.33. The average molecular weight is 344 g/mol. The van der Waals surface area contributed by atoms with E-state index < -0.39 is 0 Å². The van der Waals surface area contributed by atoms with Crippen molar-refractivity contribution in [2.45, 2.75) is 63.2 Å². The molecule has 1 aliphatic carbocycles. The maximum Gasteiger partial charge on any atom is 0.0708 e. The Hall–Kier alpha value is 0.1000. The summed E-state index contributed by atoms with van der Waals surface area (Å²) < 4.78 is 7.59. The summed E-state index contributed by atoms with van der Waals surface area (Å²) in [6.45, 7) is 1.94. The van der Waals surface area contributed by atoms with E-state index in [2.05, 4.69) is 32.7 Å². The highest BCUT2D eigenvalue weighted by Crippen LogP contribution is 2.41. The van der Waals surface area contributed by atoms with Crippen LogP contribution in [0.5, 0.6) is 0 Å². The Morgan fingerprint density at radius 3 is 2.89 bits per heavy atom. The summed E-state index contributed by atoms with van der Waals surface area (Å²) in [6.07, 6.45) is 9.66. The number of rotatable bonds is 4. The van der Waals surface area contributed by atoms with Gasteiger partial charge in [-0.1, -0.05) is 19.3 Å². The fraction of sp³-hybridized carbons (Fsp3) is 0.733. The van der Waals surface area contributed by atoms with E-state index >= 15 is 0 Å². The van der Waals surface area contributed by atoms with Crippen LogP contribution < -0.4 is 5.32 Å². The summed E-state index contributed by atoms with van der Waals surface area (Å²) in [6, 6.07) is 2.12. The molecule has 2 fully saturated rings. The van der Waals surface area contributed by atoms with Gasteiger partial charge in [-0.3, -0.25) is 0 Å². The van der Waals surface area contributed by atoms with Crippen LogP contribution in [0.2, 0.25) is 0 Å². The number of ether oxygens (including phenoxy) is 1. The van der Waals surface area contributed by atoms with Crippen LogP contribution in [0.1, 0.15) is 49.8 Å². The number of halogens is 1. The standard InChI is InChI=1S/C15H22BrNOS/c16-13-5-9-19-14(13)11-17-10-12-4-8-15(18-12)6-2-1-3-7-15/h5,9,12,17H,1-4,6-8,10-11H2. The van der Waals surface area contributed by atoms with Crippen molar-refractivity contribution in [3.63, 3.8) is 0 Å². The van der Waals surface area contributed by atoms with Crippen LogP contribution in [0.15, 0.2) is 15.9 Å². The molecule has 1 aromatic heterocycles. The average Bonchev–Trinajstić information content (AvgIpc) is 2.99. The molecule has 1 saturated heterocycles. The van der Waals surface area contributed by atoms with Crippen LogP contribution >= 0.6 is 27.3 Å². The Morgan fingerprint density at radius 1 is 1.32 bits per heavy atom. The van der Waals surface area contributed by atoms with Gasteiger partial charge in [-0.05, 0) is 53.1 Å². The van der Waals surface area contributed by atoms with Gasteiger partial charge in [0.05, 0.1) is 11.7 Å². The van der Waals surface area contributed by atoms with Crippen LogP contribution in [-0.2, 0) is 11.3 Å². The highest BCUT2D eigenvalue weighted by molar-refractivity contribution is 9.10. The van der Waals surface area contributed by atoms with Gasteiger partial charge in [0.25, 0.3) is 0 Å². The van der Waals surface area contributed by atoms with Crippen molar-refractivity contribution in [3.05, 3.63) is 20.8 Å². The number of thiophene rings is 1. The van der Waals surface area contributed by atoms with E-state index in [1.54, 1.807) is 11.3 Å². The van der Waals surface area contributed by atoms with E-state index in [1.807, 2.05) is 0 Å². The van der Waals surface area contributed by atoms with Gasteiger partial charge in [0.15, 0.2) is 0 Å².